The van der Waals surface area contributed by atoms with Crippen LogP contribution in [0.2, 0.25) is 0 Å². The van der Waals surface area contributed by atoms with Crippen molar-refractivity contribution < 1.29 is 9.18 Å². The van der Waals surface area contributed by atoms with E-state index in [1.807, 2.05) is 20.8 Å². The highest BCUT2D eigenvalue weighted by Crippen LogP contribution is 2.20. The van der Waals surface area contributed by atoms with Crippen molar-refractivity contribution in [2.45, 2.75) is 26.8 Å². The summed E-state index contributed by atoms with van der Waals surface area (Å²) in [6, 6.07) is 6.21. The van der Waals surface area contributed by atoms with Crippen LogP contribution in [0.5, 0.6) is 0 Å². The molecular formula is C14H18FNO. The van der Waals surface area contributed by atoms with Crippen molar-refractivity contribution in [2.24, 2.45) is 0 Å². The van der Waals surface area contributed by atoms with Gasteiger partial charge in [-0.05, 0) is 44.5 Å². The van der Waals surface area contributed by atoms with Crippen LogP contribution in [0.15, 0.2) is 36.4 Å². The summed E-state index contributed by atoms with van der Waals surface area (Å²) >= 11 is 0. The van der Waals surface area contributed by atoms with Gasteiger partial charge in [0, 0.05) is 6.54 Å². The summed E-state index contributed by atoms with van der Waals surface area (Å²) in [5.41, 5.74) is 0.936. The molecule has 0 bridgehead atoms. The van der Waals surface area contributed by atoms with Gasteiger partial charge in [-0.2, -0.15) is 0 Å². The lowest BCUT2D eigenvalue weighted by molar-refractivity contribution is -0.127. The van der Waals surface area contributed by atoms with E-state index >= 15 is 0 Å². The molecule has 2 nitrogen and oxygen atoms in total. The van der Waals surface area contributed by atoms with Gasteiger partial charge in [0.2, 0.25) is 5.91 Å². The minimum absolute atomic E-state index is 0.0215. The number of allylic oxidation sites excluding steroid dienone is 1. The topological polar surface area (TPSA) is 20.3 Å². The van der Waals surface area contributed by atoms with Crippen LogP contribution in [-0.4, -0.2) is 17.4 Å². The number of hydrogen-bond acceptors (Lipinski definition) is 1. The van der Waals surface area contributed by atoms with Crippen LogP contribution in [0.25, 0.3) is 0 Å². The van der Waals surface area contributed by atoms with Crippen molar-refractivity contribution in [3.05, 3.63) is 47.8 Å². The normalized spacial score (nSPS) is 12.7. The Labute approximate surface area is 102 Å². The number of carbonyl (C=O) groups excluding carboxylic acids is 1. The van der Waals surface area contributed by atoms with E-state index in [4.69, 9.17) is 0 Å². The molecule has 1 unspecified atom stereocenters. The molecule has 0 aliphatic rings. The molecule has 17 heavy (non-hydrogen) atoms. The SMILES string of the molecule is CC=CC(=O)N(CC)C(C)c1ccc(F)cc1. The summed E-state index contributed by atoms with van der Waals surface area (Å²) in [5, 5.41) is 0. The summed E-state index contributed by atoms with van der Waals surface area (Å²) in [7, 11) is 0. The van der Waals surface area contributed by atoms with E-state index in [1.54, 1.807) is 29.2 Å². The molecule has 1 aromatic carbocycles. The molecule has 0 N–H and O–H groups in total. The van der Waals surface area contributed by atoms with Crippen LogP contribution >= 0.6 is 0 Å². The molecule has 0 fully saturated rings. The maximum Gasteiger partial charge on any atom is 0.246 e. The molecule has 3 heteroatoms. The predicted octanol–water partition coefficient (Wildman–Crippen LogP) is 3.31. The predicted molar refractivity (Wildman–Crippen MR) is 67.0 cm³/mol. The zero-order valence-electron chi connectivity index (χ0n) is 10.5. The van der Waals surface area contributed by atoms with Crippen LogP contribution in [0.3, 0.4) is 0 Å². The molecule has 0 heterocycles. The monoisotopic (exact) mass is 235 g/mol. The molecule has 1 rings (SSSR count). The molecule has 0 spiro atoms. The highest BCUT2D eigenvalue weighted by molar-refractivity contribution is 5.87. The third kappa shape index (κ3) is 3.41. The first-order valence-electron chi connectivity index (χ1n) is 5.78. The zero-order valence-corrected chi connectivity index (χ0v) is 10.5. The average molecular weight is 235 g/mol. The van der Waals surface area contributed by atoms with Gasteiger partial charge < -0.3 is 4.90 Å². The van der Waals surface area contributed by atoms with E-state index in [1.165, 1.54) is 12.1 Å². The lowest BCUT2D eigenvalue weighted by atomic mass is 10.1. The number of carbonyl (C=O) groups is 1. The Hall–Kier alpha value is -1.64. The Morgan fingerprint density at radius 1 is 1.41 bits per heavy atom. The molecule has 0 aromatic heterocycles. The fourth-order valence-electron chi connectivity index (χ4n) is 1.78. The second-order valence-corrected chi connectivity index (χ2v) is 3.85. The molecule has 1 amide bonds. The first-order chi connectivity index (χ1) is 8.10. The van der Waals surface area contributed by atoms with Gasteiger partial charge in [-0.3, -0.25) is 4.79 Å². The van der Waals surface area contributed by atoms with Gasteiger partial charge in [-0.1, -0.05) is 18.2 Å². The van der Waals surface area contributed by atoms with Gasteiger partial charge in [0.1, 0.15) is 5.82 Å². The van der Waals surface area contributed by atoms with Crippen LogP contribution < -0.4 is 0 Å². The van der Waals surface area contributed by atoms with Crippen molar-refractivity contribution in [3.63, 3.8) is 0 Å². The number of likely N-dealkylation sites (N-methyl/N-ethyl adjacent to an activating group) is 1. The van der Waals surface area contributed by atoms with Crippen LogP contribution in [0, 0.1) is 5.82 Å². The Balaban J connectivity index is 2.89. The van der Waals surface area contributed by atoms with Crippen molar-refractivity contribution in [1.29, 1.82) is 0 Å². The molecule has 0 saturated carbocycles. The van der Waals surface area contributed by atoms with Gasteiger partial charge in [-0.25, -0.2) is 4.39 Å². The molecule has 0 saturated heterocycles. The van der Waals surface area contributed by atoms with Crippen LogP contribution in [0.4, 0.5) is 4.39 Å². The number of benzene rings is 1. The molecule has 0 aliphatic heterocycles. The standard InChI is InChI=1S/C14H18FNO/c1-4-6-14(17)16(5-2)11(3)12-7-9-13(15)10-8-12/h4,6-11H,5H2,1-3H3. The zero-order chi connectivity index (χ0) is 12.8. The fourth-order valence-corrected chi connectivity index (χ4v) is 1.78. The first-order valence-corrected chi connectivity index (χ1v) is 5.78. The fraction of sp³-hybridized carbons (Fsp3) is 0.357. The summed E-state index contributed by atoms with van der Waals surface area (Å²) in [5.74, 6) is -0.282. The molecular weight excluding hydrogens is 217 g/mol. The Morgan fingerprint density at radius 3 is 2.47 bits per heavy atom. The van der Waals surface area contributed by atoms with E-state index in [0.717, 1.165) is 5.56 Å². The van der Waals surface area contributed by atoms with E-state index in [-0.39, 0.29) is 17.8 Å². The summed E-state index contributed by atoms with van der Waals surface area (Å²) < 4.78 is 12.8. The van der Waals surface area contributed by atoms with Crippen LogP contribution in [0.1, 0.15) is 32.4 Å². The van der Waals surface area contributed by atoms with Crippen molar-refractivity contribution in [2.75, 3.05) is 6.54 Å². The summed E-state index contributed by atoms with van der Waals surface area (Å²) in [6.07, 6.45) is 3.27. The number of amides is 1. The Morgan fingerprint density at radius 2 is 2.00 bits per heavy atom. The Bertz CT molecular complexity index is 397. The average Bonchev–Trinajstić information content (AvgIpc) is 2.31. The van der Waals surface area contributed by atoms with Gasteiger partial charge in [-0.15, -0.1) is 0 Å². The van der Waals surface area contributed by atoms with Crippen molar-refractivity contribution in [3.8, 4) is 0 Å². The maximum absolute atomic E-state index is 12.8. The first kappa shape index (κ1) is 13.4. The largest absolute Gasteiger partial charge is 0.333 e. The minimum atomic E-state index is -0.260. The lowest BCUT2D eigenvalue weighted by Crippen LogP contribution is -2.32. The number of halogens is 1. The van der Waals surface area contributed by atoms with E-state index in [9.17, 15) is 9.18 Å². The van der Waals surface area contributed by atoms with E-state index in [2.05, 4.69) is 0 Å². The minimum Gasteiger partial charge on any atom is -0.333 e. The second-order valence-electron chi connectivity index (χ2n) is 3.85. The van der Waals surface area contributed by atoms with E-state index < -0.39 is 0 Å². The molecule has 1 aromatic rings. The van der Waals surface area contributed by atoms with Gasteiger partial charge in [0.25, 0.3) is 0 Å². The third-order valence-electron chi connectivity index (χ3n) is 2.75. The molecule has 0 radical (unpaired) electrons. The van der Waals surface area contributed by atoms with Gasteiger partial charge in [0.05, 0.1) is 6.04 Å². The smallest absolute Gasteiger partial charge is 0.246 e. The maximum atomic E-state index is 12.8. The van der Waals surface area contributed by atoms with Crippen LogP contribution in [-0.2, 0) is 4.79 Å². The highest BCUT2D eigenvalue weighted by Gasteiger charge is 2.17. The number of nitrogens with zero attached hydrogens (tertiary/aromatic N) is 1. The molecule has 92 valence electrons. The molecule has 1 atom stereocenters. The number of rotatable bonds is 4. The quantitative estimate of drug-likeness (QED) is 0.733. The van der Waals surface area contributed by atoms with E-state index in [0.29, 0.717) is 6.54 Å². The number of hydrogen-bond donors (Lipinski definition) is 0. The summed E-state index contributed by atoms with van der Waals surface area (Å²) in [6.45, 7) is 6.32. The highest BCUT2D eigenvalue weighted by atomic mass is 19.1. The van der Waals surface area contributed by atoms with Crippen molar-refractivity contribution in [1.82, 2.24) is 4.90 Å². The van der Waals surface area contributed by atoms with Crippen molar-refractivity contribution >= 4 is 5.91 Å². The molecule has 0 aliphatic carbocycles. The Kier molecular flexibility index (Phi) is 4.88. The summed E-state index contributed by atoms with van der Waals surface area (Å²) in [4.78, 5) is 13.6. The third-order valence-corrected chi connectivity index (χ3v) is 2.75. The lowest BCUT2D eigenvalue weighted by Gasteiger charge is -2.27. The second kappa shape index (κ2) is 6.18. The van der Waals surface area contributed by atoms with Gasteiger partial charge in [0.15, 0.2) is 0 Å². The van der Waals surface area contributed by atoms with Gasteiger partial charge >= 0.3 is 0 Å².